The van der Waals surface area contributed by atoms with Crippen molar-refractivity contribution < 1.29 is 8.96 Å². The summed E-state index contributed by atoms with van der Waals surface area (Å²) in [6.07, 6.45) is 0. The van der Waals surface area contributed by atoms with Gasteiger partial charge in [0.1, 0.15) is 0 Å². The first-order chi connectivity index (χ1) is 4.84. The highest BCUT2D eigenvalue weighted by Gasteiger charge is 1.99. The molecule has 0 amide bonds. The van der Waals surface area contributed by atoms with Gasteiger partial charge in [0, 0.05) is 0 Å². The molecule has 0 aromatic heterocycles. The number of nitrogens with zero attached hydrogens (tertiary/aromatic N) is 1. The molecule has 0 spiro atoms. The summed E-state index contributed by atoms with van der Waals surface area (Å²) in [6.45, 7) is 0. The summed E-state index contributed by atoms with van der Waals surface area (Å²) in [5.41, 5.74) is 0.978. The van der Waals surface area contributed by atoms with Gasteiger partial charge in [-0.15, -0.1) is 9.71 Å². The van der Waals surface area contributed by atoms with Crippen molar-refractivity contribution in [3.63, 3.8) is 0 Å². The Labute approximate surface area is 56.9 Å². The molecule has 4 heteroatoms. The largest absolute Gasteiger partial charge is 0.113 e. The smallest absolute Gasteiger partial charge is 0.0901 e. The molecule has 0 unspecified atom stereocenters. The molecule has 1 rings (SSSR count). The molecule has 10 heavy (non-hydrogen) atoms. The van der Waals surface area contributed by atoms with E-state index in [1.165, 1.54) is 12.1 Å². The zero-order valence-corrected chi connectivity index (χ0v) is 5.09. The lowest BCUT2D eigenvalue weighted by Crippen LogP contribution is -2.21. The minimum absolute atomic E-state index is 0.130. The van der Waals surface area contributed by atoms with Crippen LogP contribution in [-0.2, 0) is 0 Å². The van der Waals surface area contributed by atoms with E-state index in [1.54, 1.807) is 18.2 Å². The Morgan fingerprint density at radius 1 is 1.20 bits per heavy atom. The fraction of sp³-hybridized carbons (Fsp3) is 0. The average molecular weight is 144 g/mol. The Balaban J connectivity index is 2.75. The van der Waals surface area contributed by atoms with Crippen molar-refractivity contribution in [3.8, 4) is 0 Å². The molecule has 0 fully saturated rings. The van der Waals surface area contributed by atoms with E-state index < -0.39 is 0 Å². The summed E-state index contributed by atoms with van der Waals surface area (Å²) in [5.74, 6) is 0. The molecule has 0 saturated carbocycles. The van der Waals surface area contributed by atoms with Crippen molar-refractivity contribution >= 4 is 5.69 Å². The predicted molar refractivity (Wildman–Crippen MR) is 34.3 cm³/mol. The van der Waals surface area contributed by atoms with Gasteiger partial charge in [0.05, 0.1) is 5.69 Å². The van der Waals surface area contributed by atoms with Gasteiger partial charge >= 0.3 is 0 Å². The van der Waals surface area contributed by atoms with Crippen LogP contribution in [0.1, 0.15) is 0 Å². The van der Waals surface area contributed by atoms with Gasteiger partial charge in [-0.3, -0.25) is 0 Å². The van der Waals surface area contributed by atoms with Crippen LogP contribution >= 0.6 is 0 Å². The number of hydrogen-bond donors (Lipinski definition) is 1. The molecule has 0 heterocycles. The van der Waals surface area contributed by atoms with Gasteiger partial charge in [-0.05, 0) is 17.8 Å². The summed E-state index contributed by atoms with van der Waals surface area (Å²) in [4.78, 5) is 0. The Bertz CT molecular complexity index is 190. The summed E-state index contributed by atoms with van der Waals surface area (Å²) < 4.78 is 23.6. The summed E-state index contributed by atoms with van der Waals surface area (Å²) in [5, 5.41) is -0.208. The molecule has 0 aliphatic heterocycles. The minimum Gasteiger partial charge on any atom is -0.113 e. The van der Waals surface area contributed by atoms with Crippen molar-refractivity contribution in [2.45, 2.75) is 0 Å². The van der Waals surface area contributed by atoms with Gasteiger partial charge in [-0.2, -0.15) is 0 Å². The lowest BCUT2D eigenvalue weighted by Gasteiger charge is -2.06. The molecular formula is C6H6F2N2. The number of halogens is 2. The average Bonchev–Trinajstić information content (AvgIpc) is 2.05. The molecule has 1 N–H and O–H groups in total. The summed E-state index contributed by atoms with van der Waals surface area (Å²) in [6, 6.07) is 7.81. The third-order valence-electron chi connectivity index (χ3n) is 1.06. The summed E-state index contributed by atoms with van der Waals surface area (Å²) in [7, 11) is 0. The van der Waals surface area contributed by atoms with Crippen molar-refractivity contribution in [1.82, 2.24) is 5.65 Å². The highest BCUT2D eigenvalue weighted by atomic mass is 19.2. The number of hydrazine groups is 1. The fourth-order valence-electron chi connectivity index (χ4n) is 0.608. The molecular weight excluding hydrogens is 138 g/mol. The third kappa shape index (κ3) is 1.41. The molecule has 0 bridgehead atoms. The zero-order valence-electron chi connectivity index (χ0n) is 5.09. The number of anilines is 1. The van der Waals surface area contributed by atoms with Crippen LogP contribution in [0, 0.1) is 0 Å². The van der Waals surface area contributed by atoms with E-state index in [0.29, 0.717) is 0 Å². The second-order valence-electron chi connectivity index (χ2n) is 1.70. The first kappa shape index (κ1) is 6.95. The molecule has 2 nitrogen and oxygen atoms in total. The molecule has 0 saturated heterocycles. The number of benzene rings is 1. The van der Waals surface area contributed by atoms with Crippen LogP contribution in [0.15, 0.2) is 30.3 Å². The Morgan fingerprint density at radius 3 is 2.30 bits per heavy atom. The number of nitrogens with one attached hydrogen (secondary N) is 1. The highest BCUT2D eigenvalue weighted by molar-refractivity contribution is 5.41. The van der Waals surface area contributed by atoms with E-state index >= 15 is 0 Å². The minimum atomic E-state index is -0.208. The fourth-order valence-corrected chi connectivity index (χ4v) is 0.608. The van der Waals surface area contributed by atoms with E-state index in [4.69, 9.17) is 0 Å². The van der Waals surface area contributed by atoms with Crippen molar-refractivity contribution in [1.29, 1.82) is 0 Å². The molecule has 0 radical (unpaired) electrons. The Hall–Kier alpha value is -1.16. The highest BCUT2D eigenvalue weighted by Crippen LogP contribution is 2.10. The van der Waals surface area contributed by atoms with Gasteiger partial charge in [0.2, 0.25) is 0 Å². The molecule has 1 aromatic rings. The first-order valence-electron chi connectivity index (χ1n) is 2.72. The van der Waals surface area contributed by atoms with Crippen LogP contribution in [0.3, 0.4) is 0 Å². The van der Waals surface area contributed by atoms with Crippen molar-refractivity contribution in [3.05, 3.63) is 30.3 Å². The maximum atomic E-state index is 12.2. The second kappa shape index (κ2) is 3.12. The van der Waals surface area contributed by atoms with Crippen LogP contribution < -0.4 is 10.9 Å². The van der Waals surface area contributed by atoms with Crippen molar-refractivity contribution in [2.75, 3.05) is 5.23 Å². The Morgan fingerprint density at radius 2 is 1.80 bits per heavy atom. The normalized spacial score (nSPS) is 9.40. The van der Waals surface area contributed by atoms with Gasteiger partial charge < -0.3 is 0 Å². The van der Waals surface area contributed by atoms with Crippen LogP contribution in [-0.4, -0.2) is 0 Å². The second-order valence-corrected chi connectivity index (χ2v) is 1.70. The standard InChI is InChI=1S/C6H6F2N2/c7-9-10(8)6-4-2-1-3-5-6/h1-5,9H. The quantitative estimate of drug-likeness (QED) is 0.502. The van der Waals surface area contributed by atoms with Gasteiger partial charge in [0.15, 0.2) is 0 Å². The monoisotopic (exact) mass is 144 g/mol. The molecule has 0 atom stereocenters. The van der Waals surface area contributed by atoms with E-state index in [1.807, 2.05) is 0 Å². The lowest BCUT2D eigenvalue weighted by molar-refractivity contribution is 0.215. The van der Waals surface area contributed by atoms with Gasteiger partial charge in [-0.25, -0.2) is 0 Å². The maximum Gasteiger partial charge on any atom is 0.0901 e. The van der Waals surface area contributed by atoms with Crippen LogP contribution in [0.25, 0.3) is 0 Å². The molecule has 1 aromatic carbocycles. The lowest BCUT2D eigenvalue weighted by atomic mass is 10.3. The van der Waals surface area contributed by atoms with E-state index in [0.717, 1.165) is 5.65 Å². The molecule has 54 valence electrons. The first-order valence-corrected chi connectivity index (χ1v) is 2.72. The SMILES string of the molecule is FNN(F)c1ccccc1. The van der Waals surface area contributed by atoms with Gasteiger partial charge in [-0.1, -0.05) is 22.7 Å². The van der Waals surface area contributed by atoms with Crippen LogP contribution in [0.5, 0.6) is 0 Å². The summed E-state index contributed by atoms with van der Waals surface area (Å²) >= 11 is 0. The number of hydrogen-bond acceptors (Lipinski definition) is 2. The molecule has 0 aliphatic carbocycles. The topological polar surface area (TPSA) is 15.3 Å². The third-order valence-corrected chi connectivity index (χ3v) is 1.06. The van der Waals surface area contributed by atoms with Crippen LogP contribution in [0.2, 0.25) is 0 Å². The van der Waals surface area contributed by atoms with E-state index in [9.17, 15) is 8.96 Å². The van der Waals surface area contributed by atoms with E-state index in [2.05, 4.69) is 0 Å². The Kier molecular flexibility index (Phi) is 2.17. The number of rotatable bonds is 2. The van der Waals surface area contributed by atoms with Gasteiger partial charge in [0.25, 0.3) is 0 Å². The zero-order chi connectivity index (χ0) is 7.40. The number of para-hydroxylation sites is 1. The maximum absolute atomic E-state index is 12.2. The van der Waals surface area contributed by atoms with Crippen LogP contribution in [0.4, 0.5) is 14.6 Å². The van der Waals surface area contributed by atoms with E-state index in [-0.39, 0.29) is 10.9 Å². The van der Waals surface area contributed by atoms with Crippen molar-refractivity contribution in [2.24, 2.45) is 0 Å². The molecule has 0 aliphatic rings. The predicted octanol–water partition coefficient (Wildman–Crippen LogP) is 1.77.